The van der Waals surface area contributed by atoms with Crippen LogP contribution < -0.4 is 5.32 Å². The van der Waals surface area contributed by atoms with E-state index in [4.69, 9.17) is 4.84 Å². The lowest BCUT2D eigenvalue weighted by Crippen LogP contribution is -2.34. The molecule has 0 fully saturated rings. The van der Waals surface area contributed by atoms with Gasteiger partial charge in [0.15, 0.2) is 0 Å². The molecule has 0 radical (unpaired) electrons. The molecule has 0 aromatic rings. The van der Waals surface area contributed by atoms with E-state index < -0.39 is 0 Å². The van der Waals surface area contributed by atoms with Crippen molar-refractivity contribution in [3.8, 4) is 0 Å². The van der Waals surface area contributed by atoms with Crippen molar-refractivity contribution in [2.24, 2.45) is 0 Å². The lowest BCUT2D eigenvalue weighted by molar-refractivity contribution is -0.0916. The maximum Gasteiger partial charge on any atom is 0.340 e. The van der Waals surface area contributed by atoms with Crippen LogP contribution in [0.1, 0.15) is 6.92 Å². The molecule has 0 rings (SSSR count). The number of carbonyl (C=O) groups is 1. The zero-order valence-electron chi connectivity index (χ0n) is 5.97. The van der Waals surface area contributed by atoms with Crippen LogP contribution in [-0.2, 0) is 4.84 Å². The Hall–Kier alpha value is -0.770. The lowest BCUT2D eigenvalue weighted by Gasteiger charge is -2.13. The van der Waals surface area contributed by atoms with Crippen molar-refractivity contribution in [1.29, 1.82) is 0 Å². The van der Waals surface area contributed by atoms with E-state index in [9.17, 15) is 4.79 Å². The van der Waals surface area contributed by atoms with Crippen LogP contribution in [0, 0.1) is 0 Å². The second-order valence-corrected chi connectivity index (χ2v) is 1.47. The van der Waals surface area contributed by atoms with Gasteiger partial charge in [-0.1, -0.05) is 0 Å². The van der Waals surface area contributed by atoms with Gasteiger partial charge in [0, 0.05) is 14.1 Å². The van der Waals surface area contributed by atoms with Crippen molar-refractivity contribution in [1.82, 2.24) is 10.4 Å². The lowest BCUT2D eigenvalue weighted by atomic mass is 10.9. The van der Waals surface area contributed by atoms with Gasteiger partial charge < -0.3 is 5.32 Å². The van der Waals surface area contributed by atoms with Gasteiger partial charge in [0.05, 0.1) is 6.61 Å². The molecular formula is C5H12N2O2. The smallest absolute Gasteiger partial charge is 0.339 e. The van der Waals surface area contributed by atoms with Gasteiger partial charge in [-0.2, -0.15) is 0 Å². The van der Waals surface area contributed by atoms with Crippen molar-refractivity contribution >= 4 is 6.03 Å². The molecule has 0 spiro atoms. The van der Waals surface area contributed by atoms with E-state index in [1.54, 1.807) is 14.1 Å². The fraction of sp³-hybridized carbons (Fsp3) is 0.800. The standard InChI is InChI=1S/C5H12N2O2/c1-4-9-7(3)5(8)6-2/h4H2,1-3H3,(H,6,8). The molecule has 0 aliphatic rings. The van der Waals surface area contributed by atoms with E-state index >= 15 is 0 Å². The van der Waals surface area contributed by atoms with Gasteiger partial charge in [0.1, 0.15) is 0 Å². The molecule has 0 aromatic carbocycles. The van der Waals surface area contributed by atoms with Crippen molar-refractivity contribution in [2.45, 2.75) is 6.92 Å². The maximum absolute atomic E-state index is 10.6. The minimum atomic E-state index is -0.239. The molecule has 0 heterocycles. The molecule has 4 nitrogen and oxygen atoms in total. The Morgan fingerprint density at radius 1 is 1.78 bits per heavy atom. The Morgan fingerprint density at radius 3 is 2.67 bits per heavy atom. The van der Waals surface area contributed by atoms with Gasteiger partial charge in [-0.15, -0.1) is 0 Å². The predicted molar refractivity (Wildman–Crippen MR) is 33.8 cm³/mol. The first-order chi connectivity index (χ1) is 4.22. The van der Waals surface area contributed by atoms with Gasteiger partial charge in [-0.25, -0.2) is 9.86 Å². The Bertz CT molecular complexity index is 95.0. The largest absolute Gasteiger partial charge is 0.340 e. The number of hydrogen-bond acceptors (Lipinski definition) is 2. The van der Waals surface area contributed by atoms with E-state index in [0.29, 0.717) is 6.61 Å². The first-order valence-corrected chi connectivity index (χ1v) is 2.80. The summed E-state index contributed by atoms with van der Waals surface area (Å²) >= 11 is 0. The summed E-state index contributed by atoms with van der Waals surface area (Å²) in [5.41, 5.74) is 0. The highest BCUT2D eigenvalue weighted by atomic mass is 16.7. The Morgan fingerprint density at radius 2 is 2.33 bits per heavy atom. The molecule has 0 aliphatic heterocycles. The molecule has 0 aliphatic carbocycles. The van der Waals surface area contributed by atoms with Crippen LogP contribution in [-0.4, -0.2) is 31.8 Å². The summed E-state index contributed by atoms with van der Waals surface area (Å²) in [6.07, 6.45) is 0. The third-order valence-corrected chi connectivity index (χ3v) is 0.823. The molecule has 0 atom stereocenters. The van der Waals surface area contributed by atoms with Gasteiger partial charge in [0.2, 0.25) is 0 Å². The molecule has 2 amide bonds. The number of hydrogen-bond donors (Lipinski definition) is 1. The summed E-state index contributed by atoms with van der Waals surface area (Å²) in [5.74, 6) is 0. The van der Waals surface area contributed by atoms with E-state index in [2.05, 4.69) is 5.32 Å². The first kappa shape index (κ1) is 8.23. The molecule has 0 bridgehead atoms. The average Bonchev–Trinajstić information content (AvgIpc) is 1.87. The second kappa shape index (κ2) is 4.14. The molecule has 4 heteroatoms. The van der Waals surface area contributed by atoms with Crippen molar-refractivity contribution in [2.75, 3.05) is 20.7 Å². The van der Waals surface area contributed by atoms with E-state index in [-0.39, 0.29) is 6.03 Å². The SMILES string of the molecule is CCON(C)C(=O)NC. The molecule has 0 unspecified atom stereocenters. The third-order valence-electron chi connectivity index (χ3n) is 0.823. The van der Waals surface area contributed by atoms with Gasteiger partial charge in [0.25, 0.3) is 0 Å². The molecular weight excluding hydrogens is 120 g/mol. The number of rotatable bonds is 2. The van der Waals surface area contributed by atoms with Crippen molar-refractivity contribution in [3.63, 3.8) is 0 Å². The highest BCUT2D eigenvalue weighted by molar-refractivity contribution is 5.72. The molecule has 54 valence electrons. The quantitative estimate of drug-likeness (QED) is 0.546. The molecule has 1 N–H and O–H groups in total. The highest BCUT2D eigenvalue weighted by Gasteiger charge is 2.02. The van der Waals surface area contributed by atoms with E-state index in [1.807, 2.05) is 6.92 Å². The summed E-state index contributed by atoms with van der Waals surface area (Å²) in [6.45, 7) is 2.32. The Balaban J connectivity index is 3.45. The van der Waals surface area contributed by atoms with E-state index in [1.165, 1.54) is 0 Å². The Labute approximate surface area is 54.7 Å². The van der Waals surface area contributed by atoms with Crippen LogP contribution in [0.15, 0.2) is 0 Å². The number of carbonyl (C=O) groups excluding carboxylic acids is 1. The van der Waals surface area contributed by atoms with Crippen LogP contribution in [0.2, 0.25) is 0 Å². The Kier molecular flexibility index (Phi) is 3.79. The van der Waals surface area contributed by atoms with Crippen LogP contribution >= 0.6 is 0 Å². The third kappa shape index (κ3) is 2.92. The number of urea groups is 1. The van der Waals surface area contributed by atoms with E-state index in [0.717, 1.165) is 5.06 Å². The second-order valence-electron chi connectivity index (χ2n) is 1.47. The minimum Gasteiger partial charge on any atom is -0.339 e. The van der Waals surface area contributed by atoms with Gasteiger partial charge in [-0.3, -0.25) is 4.84 Å². The number of hydroxylamine groups is 2. The molecule has 0 aromatic heterocycles. The van der Waals surface area contributed by atoms with Gasteiger partial charge in [-0.05, 0) is 6.92 Å². The summed E-state index contributed by atoms with van der Waals surface area (Å²) in [4.78, 5) is 15.4. The highest BCUT2D eigenvalue weighted by Crippen LogP contribution is 1.83. The van der Waals surface area contributed by atoms with Crippen molar-refractivity contribution < 1.29 is 9.63 Å². The first-order valence-electron chi connectivity index (χ1n) is 2.80. The normalized spacial score (nSPS) is 8.78. The summed E-state index contributed by atoms with van der Waals surface area (Å²) in [6, 6.07) is -0.239. The minimum absolute atomic E-state index is 0.239. The molecule has 0 saturated heterocycles. The molecule has 9 heavy (non-hydrogen) atoms. The number of nitrogens with one attached hydrogen (secondary N) is 1. The van der Waals surface area contributed by atoms with Crippen LogP contribution in [0.5, 0.6) is 0 Å². The topological polar surface area (TPSA) is 41.6 Å². The number of nitrogens with zero attached hydrogens (tertiary/aromatic N) is 1. The predicted octanol–water partition coefficient (Wildman–Crippen LogP) is 0.209. The summed E-state index contributed by atoms with van der Waals surface area (Å²) in [7, 11) is 3.11. The fourth-order valence-electron chi connectivity index (χ4n) is 0.410. The summed E-state index contributed by atoms with van der Waals surface area (Å²) in [5, 5.41) is 3.56. The zero-order valence-corrected chi connectivity index (χ0v) is 5.97. The number of amides is 2. The average molecular weight is 132 g/mol. The molecule has 0 saturated carbocycles. The summed E-state index contributed by atoms with van der Waals surface area (Å²) < 4.78 is 0. The monoisotopic (exact) mass is 132 g/mol. The van der Waals surface area contributed by atoms with Crippen LogP contribution in [0.4, 0.5) is 4.79 Å². The zero-order chi connectivity index (χ0) is 7.28. The maximum atomic E-state index is 10.6. The van der Waals surface area contributed by atoms with Gasteiger partial charge >= 0.3 is 6.03 Å². The fourth-order valence-corrected chi connectivity index (χ4v) is 0.410. The van der Waals surface area contributed by atoms with Crippen molar-refractivity contribution in [3.05, 3.63) is 0 Å². The van der Waals surface area contributed by atoms with Crippen LogP contribution in [0.3, 0.4) is 0 Å². The van der Waals surface area contributed by atoms with Crippen LogP contribution in [0.25, 0.3) is 0 Å².